The third-order valence-corrected chi connectivity index (χ3v) is 3.95. The highest BCUT2D eigenvalue weighted by Crippen LogP contribution is 2.09. The van der Waals surface area contributed by atoms with Gasteiger partial charge in [0.1, 0.15) is 15.3 Å². The lowest BCUT2D eigenvalue weighted by Gasteiger charge is -2.14. The zero-order valence-electron chi connectivity index (χ0n) is 15.0. The molecule has 0 bridgehead atoms. The lowest BCUT2D eigenvalue weighted by molar-refractivity contribution is -0.485. The Morgan fingerprint density at radius 2 is 2.33 bits per heavy atom. The number of hydrogen-bond donors (Lipinski definition) is 2. The predicted octanol–water partition coefficient (Wildman–Crippen LogP) is 1.73. The molecule has 11 nitrogen and oxygen atoms in total. The van der Waals surface area contributed by atoms with Gasteiger partial charge in [-0.3, -0.25) is 4.84 Å². The van der Waals surface area contributed by atoms with Crippen LogP contribution in [0.15, 0.2) is 28.6 Å². The fourth-order valence-electron chi connectivity index (χ4n) is 1.76. The number of rotatable bonds is 4. The van der Waals surface area contributed by atoms with E-state index in [4.69, 9.17) is 11.6 Å². The van der Waals surface area contributed by atoms with E-state index in [2.05, 4.69) is 30.7 Å². The van der Waals surface area contributed by atoms with Gasteiger partial charge in [-0.15, -0.1) is 11.8 Å². The molecule has 1 saturated heterocycles. The summed E-state index contributed by atoms with van der Waals surface area (Å²) in [6, 6.07) is 3.52. The number of oxime groups is 1. The molecule has 148 valence electrons. The number of hydrazone groups is 1. The summed E-state index contributed by atoms with van der Waals surface area (Å²) < 4.78 is 0. The van der Waals surface area contributed by atoms with Gasteiger partial charge in [-0.2, -0.15) is 0 Å². The predicted molar refractivity (Wildman–Crippen MR) is 104 cm³/mol. The molecule has 2 heterocycles. The Morgan fingerprint density at radius 1 is 1.59 bits per heavy atom. The molecule has 2 N–H and O–H groups in total. The van der Waals surface area contributed by atoms with Crippen LogP contribution in [0.1, 0.15) is 12.5 Å². The van der Waals surface area contributed by atoms with E-state index in [1.165, 1.54) is 18.8 Å². The Kier molecular flexibility index (Phi) is 9.90. The first kappa shape index (κ1) is 22.4. The van der Waals surface area contributed by atoms with Crippen molar-refractivity contribution in [3.63, 3.8) is 0 Å². The molecule has 1 aliphatic rings. The first-order valence-corrected chi connectivity index (χ1v) is 9.25. The minimum Gasteiger partial charge on any atom is -0.349 e. The van der Waals surface area contributed by atoms with Crippen molar-refractivity contribution in [2.24, 2.45) is 10.3 Å². The van der Waals surface area contributed by atoms with Crippen LogP contribution in [0.2, 0.25) is 5.15 Å². The second-order valence-corrected chi connectivity index (χ2v) is 6.33. The molecule has 0 atom stereocenters. The van der Waals surface area contributed by atoms with Crippen LogP contribution in [0.3, 0.4) is 0 Å². The molecule has 0 saturated carbocycles. The van der Waals surface area contributed by atoms with Crippen molar-refractivity contribution in [1.82, 2.24) is 20.5 Å². The van der Waals surface area contributed by atoms with Crippen LogP contribution in [-0.4, -0.2) is 58.4 Å². The molecule has 0 unspecified atom stereocenters. The zero-order valence-corrected chi connectivity index (χ0v) is 16.6. The molecule has 1 amide bonds. The first-order valence-electron chi connectivity index (χ1n) is 7.65. The van der Waals surface area contributed by atoms with E-state index in [1.807, 2.05) is 12.3 Å². The topological polar surface area (TPSA) is 134 Å². The minimum atomic E-state index is -0.708. The Hall–Kier alpha value is -2.60. The van der Waals surface area contributed by atoms with Crippen LogP contribution < -0.4 is 10.6 Å². The van der Waals surface area contributed by atoms with E-state index in [0.29, 0.717) is 29.8 Å². The summed E-state index contributed by atoms with van der Waals surface area (Å²) in [4.78, 5) is 30.8. The van der Waals surface area contributed by atoms with Crippen molar-refractivity contribution < 1.29 is 14.7 Å². The largest absolute Gasteiger partial charge is 0.433 e. The smallest absolute Gasteiger partial charge is 0.349 e. The van der Waals surface area contributed by atoms with Gasteiger partial charge in [-0.25, -0.2) is 19.9 Å². The SMILES string of the molecule is CNC(=O)O/N=C(\C)SC.O=[N+]([O-])/N=C1\NCCN1Cc1ccc(Cl)nc1. The van der Waals surface area contributed by atoms with E-state index < -0.39 is 11.1 Å². The van der Waals surface area contributed by atoms with Crippen molar-refractivity contribution in [3.8, 4) is 0 Å². The monoisotopic (exact) mass is 417 g/mol. The second kappa shape index (κ2) is 11.9. The summed E-state index contributed by atoms with van der Waals surface area (Å²) in [6.07, 6.45) is 2.95. The summed E-state index contributed by atoms with van der Waals surface area (Å²) in [5.41, 5.74) is 0.925. The lowest BCUT2D eigenvalue weighted by atomic mass is 10.3. The van der Waals surface area contributed by atoms with Crippen molar-refractivity contribution in [3.05, 3.63) is 39.2 Å². The molecule has 0 radical (unpaired) electrons. The number of carbonyl (C=O) groups excluding carboxylic acids is 1. The Bertz CT molecular complexity index is 699. The van der Waals surface area contributed by atoms with Crippen LogP contribution in [-0.2, 0) is 11.4 Å². The molecule has 1 aromatic heterocycles. The van der Waals surface area contributed by atoms with E-state index in [1.54, 1.807) is 24.1 Å². The number of halogens is 1. The third-order valence-electron chi connectivity index (χ3n) is 3.06. The van der Waals surface area contributed by atoms with E-state index >= 15 is 0 Å². The van der Waals surface area contributed by atoms with E-state index in [-0.39, 0.29) is 5.96 Å². The van der Waals surface area contributed by atoms with E-state index in [9.17, 15) is 14.9 Å². The summed E-state index contributed by atoms with van der Waals surface area (Å²) in [5.74, 6) is 0.282. The fourth-order valence-corrected chi connectivity index (χ4v) is 1.98. The van der Waals surface area contributed by atoms with Gasteiger partial charge in [0, 0.05) is 32.9 Å². The normalized spacial score (nSPS) is 14.9. The number of nitrogens with zero attached hydrogens (tertiary/aromatic N) is 5. The Labute approximate surface area is 165 Å². The molecule has 1 aliphatic heterocycles. The lowest BCUT2D eigenvalue weighted by Crippen LogP contribution is -2.30. The Morgan fingerprint density at radius 3 is 2.89 bits per heavy atom. The summed E-state index contributed by atoms with van der Waals surface area (Å²) in [7, 11) is 1.48. The maximum absolute atomic E-state index is 10.4. The molecule has 0 aliphatic carbocycles. The van der Waals surface area contributed by atoms with Crippen LogP contribution in [0.4, 0.5) is 4.79 Å². The second-order valence-electron chi connectivity index (χ2n) is 4.94. The standard InChI is InChI=1S/C9H10ClN5O2.C5H10N2O2S/c10-8-2-1-7(5-12-8)6-14-4-3-11-9(14)13-15(16)17;1-4(10-3)7-9-5(8)6-2/h1-2,5H,3-4,6H2,(H,11,13);1-3H3,(H,6,8)/b;7-4+. The summed E-state index contributed by atoms with van der Waals surface area (Å²) in [6.45, 7) is 3.60. The van der Waals surface area contributed by atoms with Crippen molar-refractivity contribution >= 4 is 40.5 Å². The number of hydrogen-bond acceptors (Lipinski definition) is 7. The highest BCUT2D eigenvalue weighted by atomic mass is 35.5. The van der Waals surface area contributed by atoms with Crippen LogP contribution in [0.5, 0.6) is 0 Å². The van der Waals surface area contributed by atoms with Gasteiger partial charge in [-0.05, 0) is 24.8 Å². The van der Waals surface area contributed by atoms with Crippen LogP contribution in [0, 0.1) is 10.1 Å². The first-order chi connectivity index (χ1) is 12.8. The van der Waals surface area contributed by atoms with Gasteiger partial charge in [0.05, 0.1) is 0 Å². The van der Waals surface area contributed by atoms with Gasteiger partial charge in [0.25, 0.3) is 5.96 Å². The van der Waals surface area contributed by atoms with Gasteiger partial charge >= 0.3 is 6.09 Å². The van der Waals surface area contributed by atoms with Crippen molar-refractivity contribution in [2.45, 2.75) is 13.5 Å². The number of nitro groups is 1. The maximum atomic E-state index is 10.4. The molecule has 0 spiro atoms. The van der Waals surface area contributed by atoms with Crippen LogP contribution in [0.25, 0.3) is 0 Å². The fraction of sp³-hybridized carbons (Fsp3) is 0.429. The molecule has 0 aromatic carbocycles. The average molecular weight is 418 g/mol. The number of amides is 1. The quantitative estimate of drug-likeness (QED) is 0.189. The molecule has 1 aromatic rings. The summed E-state index contributed by atoms with van der Waals surface area (Å²) >= 11 is 7.10. The number of nitrogens with one attached hydrogen (secondary N) is 2. The number of carbonyl (C=O) groups is 1. The highest BCUT2D eigenvalue weighted by molar-refractivity contribution is 8.13. The molecule has 27 heavy (non-hydrogen) atoms. The number of guanidine groups is 1. The molecule has 1 fully saturated rings. The zero-order chi connectivity index (χ0) is 20.2. The van der Waals surface area contributed by atoms with Gasteiger partial charge in [-0.1, -0.05) is 22.8 Å². The minimum absolute atomic E-state index is 0.282. The number of aromatic nitrogens is 1. The molecule has 13 heteroatoms. The van der Waals surface area contributed by atoms with Crippen LogP contribution >= 0.6 is 23.4 Å². The van der Waals surface area contributed by atoms with Gasteiger partial charge in [0.15, 0.2) is 5.03 Å². The number of pyridine rings is 1. The third kappa shape index (κ3) is 9.06. The van der Waals surface area contributed by atoms with Gasteiger partial charge in [0.2, 0.25) is 0 Å². The molecular formula is C14H20ClN7O4S. The maximum Gasteiger partial charge on any atom is 0.433 e. The summed E-state index contributed by atoms with van der Waals surface area (Å²) in [5, 5.41) is 22.6. The highest BCUT2D eigenvalue weighted by Gasteiger charge is 2.21. The average Bonchev–Trinajstić information content (AvgIpc) is 3.07. The van der Waals surface area contributed by atoms with E-state index in [0.717, 1.165) is 5.56 Å². The van der Waals surface area contributed by atoms with Crippen molar-refractivity contribution in [2.75, 3.05) is 26.4 Å². The van der Waals surface area contributed by atoms with Crippen molar-refractivity contribution in [1.29, 1.82) is 0 Å². The molecular weight excluding hydrogens is 398 g/mol. The van der Waals surface area contributed by atoms with Gasteiger partial charge < -0.3 is 15.5 Å². The Balaban J connectivity index is 0.000000314. The number of thioether (sulfide) groups is 1. The molecule has 2 rings (SSSR count).